The van der Waals surface area contributed by atoms with Crippen LogP contribution in [0.3, 0.4) is 0 Å². The van der Waals surface area contributed by atoms with Gasteiger partial charge in [0.15, 0.2) is 0 Å². The molecule has 0 amide bonds. The summed E-state index contributed by atoms with van der Waals surface area (Å²) in [5.41, 5.74) is 1.42. The van der Waals surface area contributed by atoms with Crippen molar-refractivity contribution >= 4 is 45.9 Å². The molecular weight excluding hydrogens is 317 g/mol. The Kier molecular flexibility index (Phi) is 4.50. The van der Waals surface area contributed by atoms with E-state index >= 15 is 0 Å². The summed E-state index contributed by atoms with van der Waals surface area (Å²) in [4.78, 5) is 2.81. The molecule has 2 aromatic heterocycles. The smallest absolute Gasteiger partial charge is 0.0934 e. The van der Waals surface area contributed by atoms with Gasteiger partial charge < -0.3 is 5.32 Å². The molecule has 1 aliphatic carbocycles. The average molecular weight is 332 g/mol. The van der Waals surface area contributed by atoms with Crippen molar-refractivity contribution in [3.05, 3.63) is 42.2 Å². The maximum atomic E-state index is 6.13. The van der Waals surface area contributed by atoms with E-state index in [1.807, 2.05) is 6.07 Å². The van der Waals surface area contributed by atoms with Crippen molar-refractivity contribution in [3.63, 3.8) is 0 Å². The molecule has 1 atom stereocenters. The van der Waals surface area contributed by atoms with Crippen molar-refractivity contribution in [2.45, 2.75) is 31.7 Å². The lowest BCUT2D eigenvalue weighted by Crippen LogP contribution is -2.26. The maximum absolute atomic E-state index is 6.13. The minimum Gasteiger partial charge on any atom is -0.310 e. The largest absolute Gasteiger partial charge is 0.310 e. The van der Waals surface area contributed by atoms with Crippen molar-refractivity contribution in [3.8, 4) is 0 Å². The van der Waals surface area contributed by atoms with Gasteiger partial charge >= 0.3 is 0 Å². The predicted molar refractivity (Wildman–Crippen MR) is 86.0 cm³/mol. The Morgan fingerprint density at radius 3 is 2.89 bits per heavy atom. The predicted octanol–water partition coefficient (Wildman–Crippen LogP) is 5.33. The van der Waals surface area contributed by atoms with Crippen LogP contribution in [0.4, 0.5) is 0 Å². The van der Waals surface area contributed by atoms with Gasteiger partial charge in [-0.3, -0.25) is 0 Å². The zero-order chi connectivity index (χ0) is 13.2. The van der Waals surface area contributed by atoms with Gasteiger partial charge in [-0.1, -0.05) is 23.2 Å². The minimum absolute atomic E-state index is 0.475. The zero-order valence-electron chi connectivity index (χ0n) is 10.4. The van der Waals surface area contributed by atoms with Crippen LogP contribution >= 0.6 is 45.9 Å². The second kappa shape index (κ2) is 6.15. The molecule has 0 aliphatic heterocycles. The molecule has 2 heterocycles. The van der Waals surface area contributed by atoms with E-state index < -0.39 is 0 Å². The van der Waals surface area contributed by atoms with Crippen LogP contribution in [0.5, 0.6) is 0 Å². The summed E-state index contributed by atoms with van der Waals surface area (Å²) in [5, 5.41) is 3.66. The normalized spacial score (nSPS) is 18.5. The Hall–Kier alpha value is -0.0600. The molecule has 0 saturated heterocycles. The molecule has 0 radical (unpaired) electrons. The summed E-state index contributed by atoms with van der Waals surface area (Å²) in [6.07, 6.45) is 4.70. The molecule has 0 saturated carbocycles. The Morgan fingerprint density at radius 2 is 2.11 bits per heavy atom. The molecular formula is C14H15Cl2NS2. The van der Waals surface area contributed by atoms with Crippen LogP contribution in [-0.4, -0.2) is 6.54 Å². The summed E-state index contributed by atoms with van der Waals surface area (Å²) < 4.78 is 1.79. The first kappa shape index (κ1) is 13.9. The van der Waals surface area contributed by atoms with Crippen LogP contribution in [0.15, 0.2) is 18.2 Å². The second-order valence-electron chi connectivity index (χ2n) is 4.78. The third kappa shape index (κ3) is 3.34. The fraction of sp³-hybridized carbons (Fsp3) is 0.429. The quantitative estimate of drug-likeness (QED) is 0.798. The van der Waals surface area contributed by atoms with E-state index in [1.165, 1.54) is 34.6 Å². The van der Waals surface area contributed by atoms with E-state index in [0.29, 0.717) is 6.04 Å². The first-order chi connectivity index (χ1) is 9.22. The topological polar surface area (TPSA) is 12.0 Å². The average Bonchev–Trinajstić information content (AvgIpc) is 2.95. The van der Waals surface area contributed by atoms with Gasteiger partial charge in [0, 0.05) is 22.3 Å². The number of fused-ring (bicyclic) bond motifs is 1. The van der Waals surface area contributed by atoms with Crippen LogP contribution in [-0.2, 0) is 12.8 Å². The van der Waals surface area contributed by atoms with E-state index in [2.05, 4.69) is 17.4 Å². The van der Waals surface area contributed by atoms with Gasteiger partial charge in [0.1, 0.15) is 0 Å². The molecule has 1 aliphatic rings. The van der Waals surface area contributed by atoms with Crippen LogP contribution in [0, 0.1) is 0 Å². The monoisotopic (exact) mass is 331 g/mol. The van der Waals surface area contributed by atoms with Crippen molar-refractivity contribution in [2.75, 3.05) is 6.54 Å². The molecule has 0 aromatic carbocycles. The highest BCUT2D eigenvalue weighted by Gasteiger charge is 2.22. The highest BCUT2D eigenvalue weighted by molar-refractivity contribution is 7.16. The zero-order valence-corrected chi connectivity index (χ0v) is 13.6. The number of rotatable bonds is 4. The summed E-state index contributed by atoms with van der Waals surface area (Å²) in [6, 6.07) is 6.70. The van der Waals surface area contributed by atoms with E-state index in [4.69, 9.17) is 23.2 Å². The molecule has 3 rings (SSSR count). The number of hydrogen-bond acceptors (Lipinski definition) is 3. The lowest BCUT2D eigenvalue weighted by Gasteiger charge is -2.23. The van der Waals surface area contributed by atoms with Gasteiger partial charge in [0.25, 0.3) is 0 Å². The van der Waals surface area contributed by atoms with Crippen molar-refractivity contribution in [2.24, 2.45) is 0 Å². The van der Waals surface area contributed by atoms with Crippen molar-refractivity contribution < 1.29 is 0 Å². The van der Waals surface area contributed by atoms with Gasteiger partial charge in [0.2, 0.25) is 0 Å². The summed E-state index contributed by atoms with van der Waals surface area (Å²) in [5.74, 6) is 0. The number of halogens is 2. The number of aryl methyl sites for hydroxylation is 1. The molecule has 1 N–H and O–H groups in total. The standard InChI is InChI=1S/C14H15Cl2NS2/c15-13-5-4-9(18-13)6-7-17-11-2-1-3-12-10(11)8-14(16)19-12/h4-5,8,11,17H,1-3,6-7H2. The molecule has 102 valence electrons. The lowest BCUT2D eigenvalue weighted by atomic mass is 9.94. The van der Waals surface area contributed by atoms with Crippen molar-refractivity contribution in [1.29, 1.82) is 0 Å². The first-order valence-electron chi connectivity index (χ1n) is 6.48. The van der Waals surface area contributed by atoms with Crippen LogP contribution in [0.2, 0.25) is 8.67 Å². The fourth-order valence-corrected chi connectivity index (χ4v) is 5.06. The molecule has 0 bridgehead atoms. The Morgan fingerprint density at radius 1 is 1.21 bits per heavy atom. The number of hydrogen-bond donors (Lipinski definition) is 1. The van der Waals surface area contributed by atoms with E-state index in [0.717, 1.165) is 21.6 Å². The summed E-state index contributed by atoms with van der Waals surface area (Å²) in [7, 11) is 0. The fourth-order valence-electron chi connectivity index (χ4n) is 2.59. The SMILES string of the molecule is Clc1ccc(CCNC2CCCc3sc(Cl)cc32)s1. The Labute approximate surface area is 131 Å². The van der Waals surface area contributed by atoms with Crippen LogP contribution in [0.25, 0.3) is 0 Å². The summed E-state index contributed by atoms with van der Waals surface area (Å²) in [6.45, 7) is 0.994. The van der Waals surface area contributed by atoms with Gasteiger partial charge in [-0.15, -0.1) is 22.7 Å². The molecule has 0 fully saturated rings. The number of thiophene rings is 2. The van der Waals surface area contributed by atoms with Crippen molar-refractivity contribution in [1.82, 2.24) is 5.32 Å². The summed E-state index contributed by atoms with van der Waals surface area (Å²) >= 11 is 15.5. The third-order valence-electron chi connectivity index (χ3n) is 3.47. The molecule has 0 spiro atoms. The Bertz CT molecular complexity index is 562. The number of nitrogens with one attached hydrogen (secondary N) is 1. The molecule has 1 unspecified atom stereocenters. The second-order valence-corrected chi connectivity index (χ2v) is 8.35. The first-order valence-corrected chi connectivity index (χ1v) is 8.87. The van der Waals surface area contributed by atoms with E-state index in [1.54, 1.807) is 22.7 Å². The lowest BCUT2D eigenvalue weighted by molar-refractivity contribution is 0.467. The molecule has 2 aromatic rings. The van der Waals surface area contributed by atoms with Crippen LogP contribution in [0.1, 0.15) is 34.2 Å². The third-order valence-corrected chi connectivity index (χ3v) is 6.11. The Balaban J connectivity index is 1.59. The minimum atomic E-state index is 0.475. The maximum Gasteiger partial charge on any atom is 0.0934 e. The van der Waals surface area contributed by atoms with E-state index in [-0.39, 0.29) is 0 Å². The van der Waals surface area contributed by atoms with Crippen LogP contribution < -0.4 is 5.32 Å². The molecule has 19 heavy (non-hydrogen) atoms. The van der Waals surface area contributed by atoms with Gasteiger partial charge in [-0.25, -0.2) is 0 Å². The van der Waals surface area contributed by atoms with Gasteiger partial charge in [-0.2, -0.15) is 0 Å². The van der Waals surface area contributed by atoms with Gasteiger partial charge in [-0.05, 0) is 49.4 Å². The molecule has 1 nitrogen and oxygen atoms in total. The molecule has 5 heteroatoms. The van der Waals surface area contributed by atoms with E-state index in [9.17, 15) is 0 Å². The highest BCUT2D eigenvalue weighted by atomic mass is 35.5. The highest BCUT2D eigenvalue weighted by Crippen LogP contribution is 2.37. The van der Waals surface area contributed by atoms with Gasteiger partial charge in [0.05, 0.1) is 8.67 Å².